The highest BCUT2D eigenvalue weighted by atomic mass is 16.6. The van der Waals surface area contributed by atoms with Crippen molar-refractivity contribution in [3.8, 4) is 0 Å². The van der Waals surface area contributed by atoms with Gasteiger partial charge in [0.25, 0.3) is 0 Å². The van der Waals surface area contributed by atoms with Crippen molar-refractivity contribution >= 4 is 11.4 Å². The monoisotopic (exact) mass is 207 g/mol. The minimum Gasteiger partial charge on any atom is -0.376 e. The third-order valence-electron chi connectivity index (χ3n) is 2.84. The molecule has 1 atom stereocenters. The van der Waals surface area contributed by atoms with Gasteiger partial charge in [-0.2, -0.15) is 0 Å². The van der Waals surface area contributed by atoms with Gasteiger partial charge in [-0.3, -0.25) is 15.1 Å². The average molecular weight is 207 g/mol. The molecule has 0 saturated heterocycles. The van der Waals surface area contributed by atoms with Crippen molar-refractivity contribution < 1.29 is 4.92 Å². The zero-order valence-corrected chi connectivity index (χ0v) is 8.73. The fourth-order valence-electron chi connectivity index (χ4n) is 1.55. The lowest BCUT2D eigenvalue weighted by atomic mass is 10.2. The minimum absolute atomic E-state index is 0.0419. The van der Waals surface area contributed by atoms with Gasteiger partial charge in [-0.05, 0) is 17.9 Å². The Morgan fingerprint density at radius 1 is 1.67 bits per heavy atom. The van der Waals surface area contributed by atoms with Crippen LogP contribution in [-0.2, 0) is 0 Å². The van der Waals surface area contributed by atoms with E-state index >= 15 is 0 Å². The van der Waals surface area contributed by atoms with Gasteiger partial charge in [-0.15, -0.1) is 0 Å². The highest BCUT2D eigenvalue weighted by Gasteiger charge is 2.46. The number of nitrogens with zero attached hydrogens (tertiary/aromatic N) is 2. The zero-order valence-electron chi connectivity index (χ0n) is 8.73. The second-order valence-electron chi connectivity index (χ2n) is 4.54. The quantitative estimate of drug-likeness (QED) is 0.609. The molecule has 1 heterocycles. The van der Waals surface area contributed by atoms with Crippen molar-refractivity contribution in [3.05, 3.63) is 28.6 Å². The van der Waals surface area contributed by atoms with Crippen molar-refractivity contribution in [2.24, 2.45) is 5.41 Å². The van der Waals surface area contributed by atoms with Crippen LogP contribution in [0.25, 0.3) is 0 Å². The van der Waals surface area contributed by atoms with Crippen molar-refractivity contribution in [3.63, 3.8) is 0 Å². The van der Waals surface area contributed by atoms with Gasteiger partial charge < -0.3 is 5.32 Å². The molecule has 1 N–H and O–H groups in total. The summed E-state index contributed by atoms with van der Waals surface area (Å²) in [5, 5.41) is 13.9. The maximum Gasteiger partial charge on any atom is 0.310 e. The second-order valence-corrected chi connectivity index (χ2v) is 4.54. The number of hydrogen-bond donors (Lipinski definition) is 1. The summed E-state index contributed by atoms with van der Waals surface area (Å²) in [4.78, 5) is 14.0. The van der Waals surface area contributed by atoms with Crippen LogP contribution in [0.5, 0.6) is 0 Å². The van der Waals surface area contributed by atoms with Crippen molar-refractivity contribution in [1.29, 1.82) is 0 Å². The predicted molar refractivity (Wildman–Crippen MR) is 56.7 cm³/mol. The largest absolute Gasteiger partial charge is 0.376 e. The Morgan fingerprint density at radius 2 is 2.33 bits per heavy atom. The number of nitro groups is 1. The molecule has 0 amide bonds. The van der Waals surface area contributed by atoms with Crippen LogP contribution in [-0.4, -0.2) is 15.9 Å². The Hall–Kier alpha value is -1.65. The van der Waals surface area contributed by atoms with E-state index in [1.54, 1.807) is 12.3 Å². The highest BCUT2D eigenvalue weighted by Crippen LogP contribution is 2.47. The van der Waals surface area contributed by atoms with E-state index in [1.165, 1.54) is 6.20 Å². The van der Waals surface area contributed by atoms with Crippen LogP contribution in [0.4, 0.5) is 11.4 Å². The third-order valence-corrected chi connectivity index (χ3v) is 2.84. The SMILES string of the molecule is CC1(C)CC1Nc1ccncc1[N+](=O)[O-]. The molecule has 15 heavy (non-hydrogen) atoms. The topological polar surface area (TPSA) is 68.1 Å². The molecule has 0 radical (unpaired) electrons. The van der Waals surface area contributed by atoms with Gasteiger partial charge in [0.1, 0.15) is 11.9 Å². The van der Waals surface area contributed by atoms with Crippen LogP contribution in [0.3, 0.4) is 0 Å². The summed E-state index contributed by atoms with van der Waals surface area (Å²) in [6, 6.07) is 1.98. The van der Waals surface area contributed by atoms with Crippen LogP contribution in [0.1, 0.15) is 20.3 Å². The Morgan fingerprint density at radius 3 is 2.87 bits per heavy atom. The maximum atomic E-state index is 10.7. The minimum atomic E-state index is -0.412. The summed E-state index contributed by atoms with van der Waals surface area (Å²) in [5.41, 5.74) is 0.850. The summed E-state index contributed by atoms with van der Waals surface area (Å²) < 4.78 is 0. The van der Waals surface area contributed by atoms with Gasteiger partial charge in [0, 0.05) is 12.2 Å². The number of pyridine rings is 1. The summed E-state index contributed by atoms with van der Waals surface area (Å²) in [6.45, 7) is 4.27. The summed E-state index contributed by atoms with van der Waals surface area (Å²) in [5.74, 6) is 0. The lowest BCUT2D eigenvalue weighted by Gasteiger charge is -2.07. The molecule has 0 spiro atoms. The van der Waals surface area contributed by atoms with E-state index in [1.807, 2.05) is 0 Å². The van der Waals surface area contributed by atoms with Crippen molar-refractivity contribution in [2.45, 2.75) is 26.3 Å². The molecule has 1 unspecified atom stereocenters. The molecule has 0 aliphatic heterocycles. The van der Waals surface area contributed by atoms with Gasteiger partial charge in [-0.25, -0.2) is 0 Å². The standard InChI is InChI=1S/C10H13N3O2/c1-10(2)5-9(10)12-7-3-4-11-6-8(7)13(14)15/h3-4,6,9H,5H2,1-2H3,(H,11,12). The van der Waals surface area contributed by atoms with E-state index < -0.39 is 4.92 Å². The number of rotatable bonds is 3. The predicted octanol–water partition coefficient (Wildman–Crippen LogP) is 2.20. The first-order valence-corrected chi connectivity index (χ1v) is 4.85. The van der Waals surface area contributed by atoms with Crippen molar-refractivity contribution in [1.82, 2.24) is 4.98 Å². The first-order valence-electron chi connectivity index (χ1n) is 4.85. The van der Waals surface area contributed by atoms with Gasteiger partial charge in [0.15, 0.2) is 0 Å². The summed E-state index contributed by atoms with van der Waals surface area (Å²) >= 11 is 0. The summed E-state index contributed by atoms with van der Waals surface area (Å²) in [6.07, 6.45) is 3.88. The molecule has 0 bridgehead atoms. The van der Waals surface area contributed by atoms with E-state index in [9.17, 15) is 10.1 Å². The maximum absolute atomic E-state index is 10.7. The lowest BCUT2D eigenvalue weighted by Crippen LogP contribution is -2.10. The van der Waals surface area contributed by atoms with Crippen LogP contribution in [0.15, 0.2) is 18.5 Å². The molecule has 1 aliphatic carbocycles. The van der Waals surface area contributed by atoms with Gasteiger partial charge >= 0.3 is 5.69 Å². The van der Waals surface area contributed by atoms with Crippen LogP contribution >= 0.6 is 0 Å². The Bertz CT molecular complexity index is 403. The van der Waals surface area contributed by atoms with Crippen molar-refractivity contribution in [2.75, 3.05) is 5.32 Å². The van der Waals surface area contributed by atoms with E-state index in [2.05, 4.69) is 24.1 Å². The molecule has 1 fully saturated rings. The molecule has 2 rings (SSSR count). The van der Waals surface area contributed by atoms with Crippen LogP contribution in [0.2, 0.25) is 0 Å². The van der Waals surface area contributed by atoms with Gasteiger partial charge in [0.2, 0.25) is 0 Å². The molecule has 1 aromatic heterocycles. The smallest absolute Gasteiger partial charge is 0.310 e. The third kappa shape index (κ3) is 1.91. The Balaban J connectivity index is 2.18. The highest BCUT2D eigenvalue weighted by molar-refractivity contribution is 5.61. The molecule has 1 aromatic rings. The first-order chi connectivity index (χ1) is 7.00. The summed E-state index contributed by atoms with van der Waals surface area (Å²) in [7, 11) is 0. The van der Waals surface area contributed by atoms with Gasteiger partial charge in [-0.1, -0.05) is 13.8 Å². The Kier molecular flexibility index (Phi) is 2.10. The molecular weight excluding hydrogens is 194 g/mol. The number of aromatic nitrogens is 1. The number of anilines is 1. The second kappa shape index (κ2) is 3.18. The molecule has 80 valence electrons. The van der Waals surface area contributed by atoms with E-state index in [-0.39, 0.29) is 11.1 Å². The molecule has 5 heteroatoms. The average Bonchev–Trinajstić information content (AvgIpc) is 2.74. The number of hydrogen-bond acceptors (Lipinski definition) is 4. The molecule has 5 nitrogen and oxygen atoms in total. The first kappa shape index (κ1) is 9.89. The number of nitrogens with one attached hydrogen (secondary N) is 1. The Labute approximate surface area is 87.7 Å². The normalized spacial score (nSPS) is 22.1. The fraction of sp³-hybridized carbons (Fsp3) is 0.500. The van der Waals surface area contributed by atoms with E-state index in [0.717, 1.165) is 6.42 Å². The molecular formula is C10H13N3O2. The van der Waals surface area contributed by atoms with Crippen LogP contribution in [0, 0.1) is 15.5 Å². The van der Waals surface area contributed by atoms with E-state index in [4.69, 9.17) is 0 Å². The zero-order chi connectivity index (χ0) is 11.1. The fourth-order valence-corrected chi connectivity index (χ4v) is 1.55. The molecule has 0 aromatic carbocycles. The molecule has 1 aliphatic rings. The van der Waals surface area contributed by atoms with Gasteiger partial charge in [0.05, 0.1) is 4.92 Å². The molecule has 1 saturated carbocycles. The van der Waals surface area contributed by atoms with E-state index in [0.29, 0.717) is 11.7 Å². The lowest BCUT2D eigenvalue weighted by molar-refractivity contribution is -0.384. The van der Waals surface area contributed by atoms with Crippen LogP contribution < -0.4 is 5.32 Å².